The number of nitrogens with zero attached hydrogens (tertiary/aromatic N) is 4. The van der Waals surface area contributed by atoms with Crippen LogP contribution in [0.4, 0.5) is 0 Å². The smallest absolute Gasteiger partial charge is 0.233 e. The number of amides is 1. The lowest BCUT2D eigenvalue weighted by molar-refractivity contribution is -0.129. The molecule has 0 bridgehead atoms. The van der Waals surface area contributed by atoms with Crippen LogP contribution < -0.4 is 0 Å². The molecule has 0 saturated heterocycles. The average Bonchev–Trinajstić information content (AvgIpc) is 3.25. The van der Waals surface area contributed by atoms with E-state index in [0.717, 1.165) is 24.1 Å². The third-order valence-electron chi connectivity index (χ3n) is 5.82. The summed E-state index contributed by atoms with van der Waals surface area (Å²) in [6.07, 6.45) is 0.896. The molecule has 33 heavy (non-hydrogen) atoms. The molecule has 0 unspecified atom stereocenters. The molecule has 0 saturated carbocycles. The van der Waals surface area contributed by atoms with E-state index in [2.05, 4.69) is 40.5 Å². The minimum atomic E-state index is 0.114. The molecule has 0 aliphatic carbocycles. The highest BCUT2D eigenvalue weighted by atomic mass is 35.5. The monoisotopic (exact) mass is 474 g/mol. The summed E-state index contributed by atoms with van der Waals surface area (Å²) >= 11 is 7.89. The fraction of sp³-hybridized carbons (Fsp3) is 0.192. The molecule has 0 N–H and O–H groups in total. The predicted molar refractivity (Wildman–Crippen MR) is 132 cm³/mol. The lowest BCUT2D eigenvalue weighted by Gasteiger charge is -2.28. The normalized spacial score (nSPS) is 13.1. The molecule has 0 spiro atoms. The first kappa shape index (κ1) is 21.7. The molecule has 0 radical (unpaired) electrons. The second-order valence-electron chi connectivity index (χ2n) is 7.98. The molecular formula is C26H23ClN4OS. The van der Waals surface area contributed by atoms with Gasteiger partial charge in [0.25, 0.3) is 0 Å². The Bertz CT molecular complexity index is 1270. The van der Waals surface area contributed by atoms with Crippen LogP contribution in [0.25, 0.3) is 11.4 Å². The van der Waals surface area contributed by atoms with E-state index < -0.39 is 0 Å². The molecule has 5 nitrogen and oxygen atoms in total. The Hall–Kier alpha value is -3.09. The van der Waals surface area contributed by atoms with Gasteiger partial charge in [-0.1, -0.05) is 90.1 Å². The molecule has 2 heterocycles. The zero-order valence-electron chi connectivity index (χ0n) is 18.0. The molecule has 1 aliphatic rings. The van der Waals surface area contributed by atoms with Gasteiger partial charge in [0, 0.05) is 18.7 Å². The van der Waals surface area contributed by atoms with E-state index in [9.17, 15) is 4.79 Å². The van der Waals surface area contributed by atoms with Gasteiger partial charge in [-0.2, -0.15) is 0 Å². The lowest BCUT2D eigenvalue weighted by Crippen LogP contribution is -2.37. The zero-order chi connectivity index (χ0) is 22.6. The van der Waals surface area contributed by atoms with Gasteiger partial charge in [0.2, 0.25) is 5.91 Å². The summed E-state index contributed by atoms with van der Waals surface area (Å²) in [5.41, 5.74) is 4.52. The lowest BCUT2D eigenvalue weighted by atomic mass is 10.00. The Morgan fingerprint density at radius 2 is 1.64 bits per heavy atom. The standard InChI is InChI=1S/C26H23ClN4OS/c27-23-13-7-6-12-22(23)25-28-29-26(31(25)16-19-8-2-1-3-9-19)33-18-24(32)30-15-14-20-10-4-5-11-21(20)17-30/h1-13H,14-18H2. The van der Waals surface area contributed by atoms with Crippen molar-refractivity contribution >= 4 is 29.3 Å². The topological polar surface area (TPSA) is 51.0 Å². The highest BCUT2D eigenvalue weighted by Gasteiger charge is 2.22. The van der Waals surface area contributed by atoms with E-state index >= 15 is 0 Å². The largest absolute Gasteiger partial charge is 0.337 e. The third kappa shape index (κ3) is 4.82. The van der Waals surface area contributed by atoms with E-state index in [4.69, 9.17) is 11.6 Å². The number of carbonyl (C=O) groups excluding carboxylic acids is 1. The SMILES string of the molecule is O=C(CSc1nnc(-c2ccccc2Cl)n1Cc1ccccc1)N1CCc2ccccc2C1. The molecular weight excluding hydrogens is 452 g/mol. The number of carbonyl (C=O) groups is 1. The molecule has 1 amide bonds. The number of benzene rings is 3. The third-order valence-corrected chi connectivity index (χ3v) is 7.10. The zero-order valence-corrected chi connectivity index (χ0v) is 19.6. The molecule has 3 aromatic carbocycles. The van der Waals surface area contributed by atoms with Gasteiger partial charge in [0.1, 0.15) is 0 Å². The maximum atomic E-state index is 13.0. The summed E-state index contributed by atoms with van der Waals surface area (Å²) < 4.78 is 2.04. The first-order valence-corrected chi connectivity index (χ1v) is 12.2. The van der Waals surface area contributed by atoms with Crippen molar-refractivity contribution in [3.8, 4) is 11.4 Å². The summed E-state index contributed by atoms with van der Waals surface area (Å²) in [5.74, 6) is 1.13. The first-order valence-electron chi connectivity index (χ1n) is 10.9. The minimum Gasteiger partial charge on any atom is -0.337 e. The Balaban J connectivity index is 1.37. The van der Waals surface area contributed by atoms with Gasteiger partial charge in [-0.15, -0.1) is 10.2 Å². The van der Waals surface area contributed by atoms with E-state index in [0.29, 0.717) is 34.8 Å². The number of hydrogen-bond acceptors (Lipinski definition) is 4. The maximum absolute atomic E-state index is 13.0. The number of fused-ring (bicyclic) bond motifs is 1. The van der Waals surface area contributed by atoms with Crippen molar-refractivity contribution in [3.05, 3.63) is 101 Å². The quantitative estimate of drug-likeness (QED) is 0.355. The van der Waals surface area contributed by atoms with Crippen LogP contribution in [-0.2, 0) is 24.3 Å². The van der Waals surface area contributed by atoms with Crippen LogP contribution in [0.1, 0.15) is 16.7 Å². The van der Waals surface area contributed by atoms with E-state index in [1.54, 1.807) is 0 Å². The van der Waals surface area contributed by atoms with Gasteiger partial charge in [-0.05, 0) is 35.2 Å². The van der Waals surface area contributed by atoms with Gasteiger partial charge in [0.05, 0.1) is 17.3 Å². The Kier molecular flexibility index (Phi) is 6.46. The van der Waals surface area contributed by atoms with Crippen molar-refractivity contribution in [2.24, 2.45) is 0 Å². The second kappa shape index (κ2) is 9.81. The summed E-state index contributed by atoms with van der Waals surface area (Å²) in [5, 5.41) is 10.2. The molecule has 0 atom stereocenters. The van der Waals surface area contributed by atoms with Gasteiger partial charge in [-0.3, -0.25) is 9.36 Å². The summed E-state index contributed by atoms with van der Waals surface area (Å²) in [4.78, 5) is 14.9. The van der Waals surface area contributed by atoms with Crippen LogP contribution in [-0.4, -0.2) is 37.9 Å². The molecule has 1 aliphatic heterocycles. The first-order chi connectivity index (χ1) is 16.2. The van der Waals surface area contributed by atoms with Crippen molar-refractivity contribution < 1.29 is 4.79 Å². The van der Waals surface area contributed by atoms with Gasteiger partial charge >= 0.3 is 0 Å². The van der Waals surface area contributed by atoms with E-state index in [-0.39, 0.29) is 5.91 Å². The van der Waals surface area contributed by atoms with Crippen LogP contribution in [0.15, 0.2) is 84.0 Å². The molecule has 1 aromatic heterocycles. The second-order valence-corrected chi connectivity index (χ2v) is 9.33. The Labute approximate surface area is 202 Å². The molecule has 166 valence electrons. The van der Waals surface area contributed by atoms with Crippen molar-refractivity contribution in [1.82, 2.24) is 19.7 Å². The van der Waals surface area contributed by atoms with Gasteiger partial charge in [-0.25, -0.2) is 0 Å². The number of rotatable bonds is 6. The van der Waals surface area contributed by atoms with Crippen molar-refractivity contribution in [1.29, 1.82) is 0 Å². The van der Waals surface area contributed by atoms with Crippen molar-refractivity contribution in [2.45, 2.75) is 24.7 Å². The van der Waals surface area contributed by atoms with E-state index in [1.807, 2.05) is 58.0 Å². The summed E-state index contributed by atoms with van der Waals surface area (Å²) in [6.45, 7) is 2.01. The number of halogens is 1. The highest BCUT2D eigenvalue weighted by molar-refractivity contribution is 7.99. The summed E-state index contributed by atoms with van der Waals surface area (Å²) in [7, 11) is 0. The van der Waals surface area contributed by atoms with Gasteiger partial charge < -0.3 is 4.90 Å². The average molecular weight is 475 g/mol. The van der Waals surface area contributed by atoms with Crippen LogP contribution in [0.2, 0.25) is 5.02 Å². The maximum Gasteiger partial charge on any atom is 0.233 e. The van der Waals surface area contributed by atoms with E-state index in [1.165, 1.54) is 22.9 Å². The number of aromatic nitrogens is 3. The fourth-order valence-electron chi connectivity index (χ4n) is 4.07. The highest BCUT2D eigenvalue weighted by Crippen LogP contribution is 2.30. The van der Waals surface area contributed by atoms with Crippen molar-refractivity contribution in [3.63, 3.8) is 0 Å². The van der Waals surface area contributed by atoms with Crippen LogP contribution in [0, 0.1) is 0 Å². The van der Waals surface area contributed by atoms with Crippen LogP contribution in [0.5, 0.6) is 0 Å². The van der Waals surface area contributed by atoms with Gasteiger partial charge in [0.15, 0.2) is 11.0 Å². The van der Waals surface area contributed by atoms with Crippen LogP contribution in [0.3, 0.4) is 0 Å². The van der Waals surface area contributed by atoms with Crippen molar-refractivity contribution in [2.75, 3.05) is 12.3 Å². The number of hydrogen-bond donors (Lipinski definition) is 0. The molecule has 0 fully saturated rings. The fourth-order valence-corrected chi connectivity index (χ4v) is 5.13. The molecule has 4 aromatic rings. The molecule has 7 heteroatoms. The van der Waals surface area contributed by atoms with Crippen LogP contribution >= 0.6 is 23.4 Å². The Morgan fingerprint density at radius 3 is 2.45 bits per heavy atom. The minimum absolute atomic E-state index is 0.114. The number of thioether (sulfide) groups is 1. The molecule has 5 rings (SSSR count). The summed E-state index contributed by atoms with van der Waals surface area (Å²) in [6, 6.07) is 26.1. The Morgan fingerprint density at radius 1 is 0.909 bits per heavy atom. The predicted octanol–water partition coefficient (Wildman–Crippen LogP) is 5.32.